The molecule has 1 saturated heterocycles. The van der Waals surface area contributed by atoms with Crippen molar-refractivity contribution in [2.45, 2.75) is 43.5 Å². The molecule has 0 atom stereocenters. The van der Waals surface area contributed by atoms with Gasteiger partial charge in [-0.15, -0.1) is 11.8 Å². The summed E-state index contributed by atoms with van der Waals surface area (Å²) in [5.74, 6) is 1.36. The van der Waals surface area contributed by atoms with Gasteiger partial charge >= 0.3 is 0 Å². The lowest BCUT2D eigenvalue weighted by atomic mass is 10.0. The first-order valence-electron chi connectivity index (χ1n) is 10.6. The van der Waals surface area contributed by atoms with Crippen LogP contribution in [0.5, 0.6) is 0 Å². The molecule has 0 bridgehead atoms. The molecule has 3 aromatic rings. The van der Waals surface area contributed by atoms with Crippen LogP contribution in [-0.2, 0) is 5.75 Å². The largest absolute Gasteiger partial charge is 0.371 e. The van der Waals surface area contributed by atoms with Crippen molar-refractivity contribution in [3.05, 3.63) is 70.7 Å². The lowest BCUT2D eigenvalue weighted by Gasteiger charge is -2.34. The highest BCUT2D eigenvalue weighted by Crippen LogP contribution is 2.27. The minimum absolute atomic E-state index is 0.0869. The maximum absolute atomic E-state index is 13.0. The molecule has 32 heavy (non-hydrogen) atoms. The highest BCUT2D eigenvalue weighted by Gasteiger charge is 2.23. The van der Waals surface area contributed by atoms with E-state index in [2.05, 4.69) is 26.4 Å². The smallest absolute Gasteiger partial charge is 0.254 e. The molecule has 3 heterocycles. The molecule has 4 rings (SSSR count). The van der Waals surface area contributed by atoms with Gasteiger partial charge in [-0.25, -0.2) is 4.98 Å². The Hall–Kier alpha value is -3.31. The van der Waals surface area contributed by atoms with Crippen LogP contribution in [-0.4, -0.2) is 35.2 Å². The number of benzene rings is 1. The van der Waals surface area contributed by atoms with E-state index in [9.17, 15) is 4.79 Å². The van der Waals surface area contributed by atoms with Gasteiger partial charge in [-0.1, -0.05) is 5.16 Å². The predicted molar refractivity (Wildman–Crippen MR) is 124 cm³/mol. The Morgan fingerprint density at radius 3 is 2.66 bits per heavy atom. The number of nitrogens with zero attached hydrogens (tertiary/aromatic N) is 4. The second kappa shape index (κ2) is 9.88. The van der Waals surface area contributed by atoms with E-state index < -0.39 is 0 Å². The molecule has 1 amide bonds. The standard InChI is InChI=1S/C24H25N5O2S/c1-16-22(17(2)31-28-16)15-32-24-21(4-3-11-26-24)23(30)27-19-9-12-29(13-10-19)20-7-5-18(14-25)6-8-20/h3-8,11,19H,9-10,12-13,15H2,1-2H3,(H,27,30). The number of carbonyl (C=O) groups is 1. The van der Waals surface area contributed by atoms with Crippen molar-refractivity contribution < 1.29 is 9.32 Å². The quantitative estimate of drug-likeness (QED) is 0.565. The minimum atomic E-state index is -0.0869. The summed E-state index contributed by atoms with van der Waals surface area (Å²) in [5.41, 5.74) is 4.28. The maximum atomic E-state index is 13.0. The van der Waals surface area contributed by atoms with Crippen molar-refractivity contribution >= 4 is 23.4 Å². The molecule has 1 aliphatic heterocycles. The SMILES string of the molecule is Cc1noc(C)c1CSc1ncccc1C(=O)NC1CCN(c2ccc(C#N)cc2)CC1. The molecular formula is C24H25N5O2S. The normalized spacial score (nSPS) is 14.2. The van der Waals surface area contributed by atoms with Crippen molar-refractivity contribution in [1.29, 1.82) is 5.26 Å². The number of nitriles is 1. The van der Waals surface area contributed by atoms with E-state index in [1.54, 1.807) is 12.3 Å². The minimum Gasteiger partial charge on any atom is -0.371 e. The van der Waals surface area contributed by atoms with Crippen molar-refractivity contribution in [2.24, 2.45) is 0 Å². The molecule has 0 saturated carbocycles. The molecule has 7 nitrogen and oxygen atoms in total. The fourth-order valence-electron chi connectivity index (χ4n) is 3.82. The van der Waals surface area contributed by atoms with E-state index in [4.69, 9.17) is 9.78 Å². The van der Waals surface area contributed by atoms with Crippen LogP contribution in [0.3, 0.4) is 0 Å². The van der Waals surface area contributed by atoms with Gasteiger partial charge in [0.15, 0.2) is 0 Å². The summed E-state index contributed by atoms with van der Waals surface area (Å²) in [7, 11) is 0. The van der Waals surface area contributed by atoms with Gasteiger partial charge in [0.1, 0.15) is 10.8 Å². The fourth-order valence-corrected chi connectivity index (χ4v) is 4.96. The topological polar surface area (TPSA) is 95.0 Å². The number of carbonyl (C=O) groups excluding carboxylic acids is 1. The molecule has 8 heteroatoms. The van der Waals surface area contributed by atoms with Crippen LogP contribution in [0.1, 0.15) is 45.8 Å². The Morgan fingerprint density at radius 2 is 2.00 bits per heavy atom. The average molecular weight is 448 g/mol. The number of nitrogens with one attached hydrogen (secondary N) is 1. The number of pyridine rings is 1. The van der Waals surface area contributed by atoms with E-state index >= 15 is 0 Å². The van der Waals surface area contributed by atoms with E-state index in [0.717, 1.165) is 48.6 Å². The van der Waals surface area contributed by atoms with E-state index in [1.807, 2.05) is 44.2 Å². The zero-order chi connectivity index (χ0) is 22.5. The van der Waals surface area contributed by atoms with E-state index in [1.165, 1.54) is 11.8 Å². The van der Waals surface area contributed by atoms with Gasteiger partial charge in [-0.2, -0.15) is 5.26 Å². The highest BCUT2D eigenvalue weighted by molar-refractivity contribution is 7.98. The maximum Gasteiger partial charge on any atom is 0.254 e. The molecule has 0 aliphatic carbocycles. The van der Waals surface area contributed by atoms with Crippen molar-refractivity contribution in [1.82, 2.24) is 15.5 Å². The second-order valence-electron chi connectivity index (χ2n) is 7.84. The van der Waals surface area contributed by atoms with Crippen molar-refractivity contribution in [3.8, 4) is 6.07 Å². The summed E-state index contributed by atoms with van der Waals surface area (Å²) in [4.78, 5) is 19.7. The Labute approximate surface area is 191 Å². The van der Waals surface area contributed by atoms with Gasteiger partial charge in [0.05, 0.1) is 22.9 Å². The van der Waals surface area contributed by atoms with Crippen LogP contribution in [0.25, 0.3) is 0 Å². The Bertz CT molecular complexity index is 1110. The van der Waals surface area contributed by atoms with Crippen LogP contribution in [0.15, 0.2) is 52.1 Å². The molecule has 1 aliphatic rings. The van der Waals surface area contributed by atoms with Crippen LogP contribution in [0.2, 0.25) is 0 Å². The van der Waals surface area contributed by atoms with Crippen LogP contribution < -0.4 is 10.2 Å². The molecular weight excluding hydrogens is 422 g/mol. The van der Waals surface area contributed by atoms with Gasteiger partial charge in [0.2, 0.25) is 0 Å². The third kappa shape index (κ3) is 4.94. The van der Waals surface area contributed by atoms with Gasteiger partial charge in [0, 0.05) is 42.3 Å². The monoisotopic (exact) mass is 447 g/mol. The predicted octanol–water partition coefficient (Wildman–Crippen LogP) is 4.25. The van der Waals surface area contributed by atoms with Crippen molar-refractivity contribution in [3.63, 3.8) is 0 Å². The van der Waals surface area contributed by atoms with Crippen LogP contribution in [0, 0.1) is 25.2 Å². The molecule has 1 N–H and O–H groups in total. The number of hydrogen-bond acceptors (Lipinski definition) is 7. The molecule has 1 aromatic carbocycles. The number of piperidine rings is 1. The lowest BCUT2D eigenvalue weighted by molar-refractivity contribution is 0.0927. The molecule has 2 aromatic heterocycles. The van der Waals surface area contributed by atoms with Crippen LogP contribution >= 0.6 is 11.8 Å². The Kier molecular flexibility index (Phi) is 6.76. The van der Waals surface area contributed by atoms with Crippen LogP contribution in [0.4, 0.5) is 5.69 Å². The molecule has 164 valence electrons. The van der Waals surface area contributed by atoms with E-state index in [-0.39, 0.29) is 11.9 Å². The summed E-state index contributed by atoms with van der Waals surface area (Å²) < 4.78 is 5.23. The molecule has 0 unspecified atom stereocenters. The molecule has 1 fully saturated rings. The Morgan fingerprint density at radius 1 is 1.25 bits per heavy atom. The first-order chi connectivity index (χ1) is 15.5. The van der Waals surface area contributed by atoms with Gasteiger partial charge < -0.3 is 14.7 Å². The number of amides is 1. The molecule has 0 spiro atoms. The van der Waals surface area contributed by atoms with Gasteiger partial charge in [-0.05, 0) is 63.1 Å². The number of anilines is 1. The third-order valence-corrected chi connectivity index (χ3v) is 6.77. The third-order valence-electron chi connectivity index (χ3n) is 5.74. The number of thioether (sulfide) groups is 1. The lowest BCUT2D eigenvalue weighted by Crippen LogP contribution is -2.44. The van der Waals surface area contributed by atoms with Crippen molar-refractivity contribution in [2.75, 3.05) is 18.0 Å². The van der Waals surface area contributed by atoms with Gasteiger partial charge in [0.25, 0.3) is 5.91 Å². The number of hydrogen-bond donors (Lipinski definition) is 1. The second-order valence-corrected chi connectivity index (χ2v) is 8.81. The summed E-state index contributed by atoms with van der Waals surface area (Å²) in [6, 6.07) is 13.5. The first-order valence-corrected chi connectivity index (χ1v) is 11.6. The summed E-state index contributed by atoms with van der Waals surface area (Å²) >= 11 is 1.52. The fraction of sp³-hybridized carbons (Fsp3) is 0.333. The first kappa shape index (κ1) is 21.9. The zero-order valence-corrected chi connectivity index (χ0v) is 19.0. The van der Waals surface area contributed by atoms with E-state index in [0.29, 0.717) is 21.9 Å². The summed E-state index contributed by atoms with van der Waals surface area (Å²) in [5, 5.41) is 16.9. The average Bonchev–Trinajstić information content (AvgIpc) is 3.15. The number of aromatic nitrogens is 2. The number of aryl methyl sites for hydroxylation is 2. The van der Waals surface area contributed by atoms with Gasteiger partial charge in [-0.3, -0.25) is 4.79 Å². The zero-order valence-electron chi connectivity index (χ0n) is 18.2. The summed E-state index contributed by atoms with van der Waals surface area (Å²) in [6.45, 7) is 5.53. The molecule has 0 radical (unpaired) electrons. The Balaban J connectivity index is 1.35. The highest BCUT2D eigenvalue weighted by atomic mass is 32.2. The summed E-state index contributed by atoms with van der Waals surface area (Å²) in [6.07, 6.45) is 3.45. The number of rotatable bonds is 6.